The second kappa shape index (κ2) is 7.39. The Balaban J connectivity index is 1.81. The van der Waals surface area contributed by atoms with Crippen molar-refractivity contribution in [1.29, 1.82) is 0 Å². The Kier molecular flexibility index (Phi) is 5.52. The summed E-state index contributed by atoms with van der Waals surface area (Å²) in [5.41, 5.74) is 1.19. The molecule has 0 radical (unpaired) electrons. The van der Waals surface area contributed by atoms with Crippen molar-refractivity contribution in [3.8, 4) is 11.5 Å². The molecular weight excluding hydrogens is 238 g/mol. The smallest absolute Gasteiger partial charge is 0.231 e. The summed E-state index contributed by atoms with van der Waals surface area (Å²) >= 11 is 0. The van der Waals surface area contributed by atoms with E-state index in [1.807, 2.05) is 12.1 Å². The van der Waals surface area contributed by atoms with E-state index in [9.17, 15) is 0 Å². The van der Waals surface area contributed by atoms with Crippen molar-refractivity contribution in [1.82, 2.24) is 5.32 Å². The average Bonchev–Trinajstić information content (AvgIpc) is 2.91. The van der Waals surface area contributed by atoms with Gasteiger partial charge in [-0.15, -0.1) is 0 Å². The van der Waals surface area contributed by atoms with E-state index in [2.05, 4.69) is 25.2 Å². The molecule has 0 fully saturated rings. The van der Waals surface area contributed by atoms with E-state index in [1.165, 1.54) is 31.2 Å². The summed E-state index contributed by atoms with van der Waals surface area (Å²) in [6.45, 7) is 6.82. The fraction of sp³-hybridized carbons (Fsp3) is 0.625. The van der Waals surface area contributed by atoms with Gasteiger partial charge in [-0.3, -0.25) is 0 Å². The maximum atomic E-state index is 5.52. The molecule has 106 valence electrons. The lowest BCUT2D eigenvalue weighted by Crippen LogP contribution is -2.22. The molecule has 2 rings (SSSR count). The lowest BCUT2D eigenvalue weighted by atomic mass is 9.99. The molecule has 0 amide bonds. The molecule has 0 spiro atoms. The first-order chi connectivity index (χ1) is 9.35. The van der Waals surface area contributed by atoms with Crippen LogP contribution in [0.25, 0.3) is 0 Å². The molecule has 1 aromatic rings. The van der Waals surface area contributed by atoms with Gasteiger partial charge in [0.1, 0.15) is 0 Å². The SMILES string of the molecule is CCCCC(CC)CNCc1cccc2c1OCO2. The van der Waals surface area contributed by atoms with Gasteiger partial charge in [0.05, 0.1) is 0 Å². The van der Waals surface area contributed by atoms with Crippen molar-refractivity contribution >= 4 is 0 Å². The summed E-state index contributed by atoms with van der Waals surface area (Å²) in [6, 6.07) is 6.09. The van der Waals surface area contributed by atoms with Crippen molar-refractivity contribution in [2.45, 2.75) is 46.1 Å². The summed E-state index contributed by atoms with van der Waals surface area (Å²) in [5, 5.41) is 3.56. The summed E-state index contributed by atoms with van der Waals surface area (Å²) in [4.78, 5) is 0. The quantitative estimate of drug-likeness (QED) is 0.775. The Hall–Kier alpha value is -1.22. The summed E-state index contributed by atoms with van der Waals surface area (Å²) < 4.78 is 10.9. The first-order valence-corrected chi connectivity index (χ1v) is 7.43. The summed E-state index contributed by atoms with van der Waals surface area (Å²) in [7, 11) is 0. The van der Waals surface area contributed by atoms with Crippen LogP contribution in [0, 0.1) is 5.92 Å². The highest BCUT2D eigenvalue weighted by atomic mass is 16.7. The van der Waals surface area contributed by atoms with Crippen LogP contribution in [0.2, 0.25) is 0 Å². The number of nitrogens with one attached hydrogen (secondary N) is 1. The van der Waals surface area contributed by atoms with Crippen molar-refractivity contribution in [2.24, 2.45) is 5.92 Å². The van der Waals surface area contributed by atoms with Crippen LogP contribution in [0.15, 0.2) is 18.2 Å². The van der Waals surface area contributed by atoms with Gasteiger partial charge in [-0.25, -0.2) is 0 Å². The number of unbranched alkanes of at least 4 members (excludes halogenated alkanes) is 1. The highest BCUT2D eigenvalue weighted by Crippen LogP contribution is 2.35. The van der Waals surface area contributed by atoms with Gasteiger partial charge < -0.3 is 14.8 Å². The second-order valence-electron chi connectivity index (χ2n) is 5.20. The van der Waals surface area contributed by atoms with Gasteiger partial charge in [-0.05, 0) is 24.9 Å². The van der Waals surface area contributed by atoms with Crippen LogP contribution in [-0.4, -0.2) is 13.3 Å². The molecule has 0 bridgehead atoms. The number of benzene rings is 1. The zero-order valence-corrected chi connectivity index (χ0v) is 12.1. The third kappa shape index (κ3) is 3.87. The zero-order valence-electron chi connectivity index (χ0n) is 12.1. The Labute approximate surface area is 116 Å². The highest BCUT2D eigenvalue weighted by Gasteiger charge is 2.16. The molecule has 1 aromatic carbocycles. The molecule has 1 aliphatic heterocycles. The average molecular weight is 263 g/mol. The van der Waals surface area contributed by atoms with E-state index >= 15 is 0 Å². The predicted octanol–water partition coefficient (Wildman–Crippen LogP) is 3.72. The standard InChI is InChI=1S/C16H25NO2/c1-3-5-7-13(4-2)10-17-11-14-8-6-9-15-16(14)19-12-18-15/h6,8-9,13,17H,3-5,7,10-12H2,1-2H3. The first kappa shape index (κ1) is 14.2. The van der Waals surface area contributed by atoms with Crippen LogP contribution in [0.4, 0.5) is 0 Å². The molecule has 1 N–H and O–H groups in total. The number of hydrogen-bond acceptors (Lipinski definition) is 3. The zero-order chi connectivity index (χ0) is 13.5. The Morgan fingerprint density at radius 2 is 2.16 bits per heavy atom. The molecule has 1 unspecified atom stereocenters. The molecule has 0 aromatic heterocycles. The van der Waals surface area contributed by atoms with E-state index in [0.717, 1.165) is 30.5 Å². The molecule has 1 atom stereocenters. The molecule has 0 saturated heterocycles. The Morgan fingerprint density at radius 3 is 2.95 bits per heavy atom. The summed E-state index contributed by atoms with van der Waals surface area (Å²) in [6.07, 6.45) is 5.19. The molecule has 1 heterocycles. The van der Waals surface area contributed by atoms with Gasteiger partial charge in [0.25, 0.3) is 0 Å². The Morgan fingerprint density at radius 1 is 1.26 bits per heavy atom. The van der Waals surface area contributed by atoms with Crippen molar-refractivity contribution in [2.75, 3.05) is 13.3 Å². The van der Waals surface area contributed by atoms with Gasteiger partial charge in [0.2, 0.25) is 6.79 Å². The minimum absolute atomic E-state index is 0.348. The molecular formula is C16H25NO2. The van der Waals surface area contributed by atoms with Gasteiger partial charge in [0.15, 0.2) is 11.5 Å². The first-order valence-electron chi connectivity index (χ1n) is 7.43. The minimum atomic E-state index is 0.348. The van der Waals surface area contributed by atoms with Crippen LogP contribution in [0.3, 0.4) is 0 Å². The number of para-hydroxylation sites is 1. The maximum Gasteiger partial charge on any atom is 0.231 e. The normalized spacial score (nSPS) is 14.6. The van der Waals surface area contributed by atoms with Gasteiger partial charge in [0, 0.05) is 12.1 Å². The molecule has 19 heavy (non-hydrogen) atoms. The number of hydrogen-bond donors (Lipinski definition) is 1. The topological polar surface area (TPSA) is 30.5 Å². The Bertz CT molecular complexity index is 392. The largest absolute Gasteiger partial charge is 0.454 e. The summed E-state index contributed by atoms with van der Waals surface area (Å²) in [5.74, 6) is 2.57. The fourth-order valence-electron chi connectivity index (χ4n) is 2.48. The van der Waals surface area contributed by atoms with Crippen molar-refractivity contribution < 1.29 is 9.47 Å². The van der Waals surface area contributed by atoms with Gasteiger partial charge in [-0.1, -0.05) is 45.2 Å². The van der Waals surface area contributed by atoms with E-state index in [1.54, 1.807) is 0 Å². The second-order valence-corrected chi connectivity index (χ2v) is 5.20. The lowest BCUT2D eigenvalue weighted by Gasteiger charge is -2.15. The minimum Gasteiger partial charge on any atom is -0.454 e. The van der Waals surface area contributed by atoms with Crippen molar-refractivity contribution in [3.63, 3.8) is 0 Å². The van der Waals surface area contributed by atoms with Crippen molar-refractivity contribution in [3.05, 3.63) is 23.8 Å². The maximum absolute atomic E-state index is 5.52. The molecule has 1 aliphatic rings. The van der Waals surface area contributed by atoms with Crippen LogP contribution in [0.1, 0.15) is 45.1 Å². The number of rotatable bonds is 8. The van der Waals surface area contributed by atoms with E-state index in [4.69, 9.17) is 9.47 Å². The highest BCUT2D eigenvalue weighted by molar-refractivity contribution is 5.48. The third-order valence-electron chi connectivity index (χ3n) is 3.77. The van der Waals surface area contributed by atoms with Crippen LogP contribution >= 0.6 is 0 Å². The lowest BCUT2D eigenvalue weighted by molar-refractivity contribution is 0.173. The third-order valence-corrected chi connectivity index (χ3v) is 3.77. The van der Waals surface area contributed by atoms with Crippen LogP contribution < -0.4 is 14.8 Å². The molecule has 3 nitrogen and oxygen atoms in total. The monoisotopic (exact) mass is 263 g/mol. The van der Waals surface area contributed by atoms with Crippen LogP contribution in [-0.2, 0) is 6.54 Å². The van der Waals surface area contributed by atoms with Gasteiger partial charge in [-0.2, -0.15) is 0 Å². The molecule has 3 heteroatoms. The molecule has 0 aliphatic carbocycles. The van der Waals surface area contributed by atoms with Crippen LogP contribution in [0.5, 0.6) is 11.5 Å². The van der Waals surface area contributed by atoms with E-state index in [-0.39, 0.29) is 0 Å². The number of ether oxygens (including phenoxy) is 2. The van der Waals surface area contributed by atoms with E-state index < -0.39 is 0 Å². The number of fused-ring (bicyclic) bond motifs is 1. The predicted molar refractivity (Wildman–Crippen MR) is 77.6 cm³/mol. The fourth-order valence-corrected chi connectivity index (χ4v) is 2.48. The van der Waals surface area contributed by atoms with Gasteiger partial charge >= 0.3 is 0 Å². The van der Waals surface area contributed by atoms with E-state index in [0.29, 0.717) is 6.79 Å². The molecule has 0 saturated carbocycles.